The minimum absolute atomic E-state index is 0.0707. The van der Waals surface area contributed by atoms with Gasteiger partial charge in [-0.25, -0.2) is 4.98 Å². The van der Waals surface area contributed by atoms with Crippen molar-refractivity contribution in [1.29, 1.82) is 0 Å². The predicted molar refractivity (Wildman–Crippen MR) is 105 cm³/mol. The van der Waals surface area contributed by atoms with Gasteiger partial charge in [0.2, 0.25) is 5.91 Å². The third-order valence-corrected chi connectivity index (χ3v) is 4.88. The Balaban J connectivity index is 1.40. The molecule has 0 spiro atoms. The van der Waals surface area contributed by atoms with Crippen LogP contribution >= 0.6 is 0 Å². The maximum Gasteiger partial charge on any atom is 0.269 e. The molecule has 7 nitrogen and oxygen atoms in total. The summed E-state index contributed by atoms with van der Waals surface area (Å²) in [5, 5.41) is 0.495. The largest absolute Gasteiger partial charge is 0.296 e. The molecule has 0 atom stereocenters. The lowest BCUT2D eigenvalue weighted by atomic mass is 10.1. The summed E-state index contributed by atoms with van der Waals surface area (Å²) in [6, 6.07) is 14.4. The van der Waals surface area contributed by atoms with Gasteiger partial charge in [0.15, 0.2) is 0 Å². The fourth-order valence-electron chi connectivity index (χ4n) is 3.39. The highest BCUT2D eigenvalue weighted by Crippen LogP contribution is 2.16. The van der Waals surface area contributed by atoms with Crippen LogP contribution in [0.3, 0.4) is 0 Å². The number of carbonyl (C=O) groups excluding carboxylic acids is 2. The van der Waals surface area contributed by atoms with Crippen LogP contribution in [0.4, 0.5) is 0 Å². The number of fused-ring (bicyclic) bond motifs is 2. The van der Waals surface area contributed by atoms with Crippen LogP contribution < -0.4 is 16.4 Å². The first-order chi connectivity index (χ1) is 13.6. The van der Waals surface area contributed by atoms with E-state index >= 15 is 0 Å². The number of hydrogen-bond acceptors (Lipinski definition) is 4. The smallest absolute Gasteiger partial charge is 0.269 e. The molecule has 0 bridgehead atoms. The molecule has 2 aromatic carbocycles. The number of hydrogen-bond donors (Lipinski definition) is 2. The lowest BCUT2D eigenvalue weighted by Crippen LogP contribution is -2.41. The van der Waals surface area contributed by atoms with Gasteiger partial charge in [-0.3, -0.25) is 29.8 Å². The lowest BCUT2D eigenvalue weighted by Gasteiger charge is -2.09. The van der Waals surface area contributed by atoms with Gasteiger partial charge in [-0.15, -0.1) is 0 Å². The maximum absolute atomic E-state index is 12.5. The zero-order valence-electron chi connectivity index (χ0n) is 15.3. The van der Waals surface area contributed by atoms with Crippen LogP contribution in [0.2, 0.25) is 0 Å². The van der Waals surface area contributed by atoms with Crippen molar-refractivity contribution in [3.05, 3.63) is 75.8 Å². The molecule has 2 heterocycles. The van der Waals surface area contributed by atoms with Gasteiger partial charge in [0.25, 0.3) is 11.5 Å². The van der Waals surface area contributed by atoms with Gasteiger partial charge in [0, 0.05) is 24.9 Å². The summed E-state index contributed by atoms with van der Waals surface area (Å²) in [5.74, 6) is 0.0359. The highest BCUT2D eigenvalue weighted by atomic mass is 16.2. The average Bonchev–Trinajstić information content (AvgIpc) is 3.20. The molecule has 0 radical (unpaired) electrons. The number of nitrogens with zero attached hydrogens (tertiary/aromatic N) is 2. The topological polar surface area (TPSA) is 93.1 Å². The summed E-state index contributed by atoms with van der Waals surface area (Å²) in [6.07, 6.45) is 2.53. The summed E-state index contributed by atoms with van der Waals surface area (Å²) in [6.45, 7) is 0.689. The van der Waals surface area contributed by atoms with E-state index in [-0.39, 0.29) is 17.9 Å². The molecule has 0 aliphatic carbocycles. The molecule has 1 aliphatic heterocycles. The third kappa shape index (κ3) is 3.64. The van der Waals surface area contributed by atoms with Gasteiger partial charge in [-0.1, -0.05) is 30.3 Å². The Hall–Kier alpha value is -3.48. The second kappa shape index (κ2) is 7.64. The number of hydrazine groups is 1. The van der Waals surface area contributed by atoms with E-state index in [1.54, 1.807) is 22.8 Å². The minimum Gasteiger partial charge on any atom is -0.296 e. The van der Waals surface area contributed by atoms with Gasteiger partial charge in [0.1, 0.15) is 5.82 Å². The minimum atomic E-state index is -0.447. The first-order valence-electron chi connectivity index (χ1n) is 9.28. The average molecular weight is 376 g/mol. The van der Waals surface area contributed by atoms with Crippen LogP contribution in [0.1, 0.15) is 34.6 Å². The second-order valence-electron chi connectivity index (χ2n) is 6.81. The standard InChI is InChI=1S/C21H20N4O3/c26-19(11-8-14-5-2-1-3-6-14)23-24-20(27)15-9-10-16-17(13-15)22-18-7-4-12-25(18)21(16)28/h1-3,5-6,9-10,13H,4,7-8,11-12H2,(H,23,26)(H,24,27). The van der Waals surface area contributed by atoms with Crippen molar-refractivity contribution in [3.63, 3.8) is 0 Å². The Morgan fingerprint density at radius 3 is 2.71 bits per heavy atom. The van der Waals surface area contributed by atoms with Crippen molar-refractivity contribution in [2.24, 2.45) is 0 Å². The predicted octanol–water partition coefficient (Wildman–Crippen LogP) is 1.74. The molecule has 1 aromatic heterocycles. The Morgan fingerprint density at radius 1 is 1.07 bits per heavy atom. The summed E-state index contributed by atoms with van der Waals surface area (Å²) in [4.78, 5) is 41.3. The zero-order valence-corrected chi connectivity index (χ0v) is 15.3. The SMILES string of the molecule is O=C(CCc1ccccc1)NNC(=O)c1ccc2c(=O)n3c(nc2c1)CCC3. The Bertz CT molecular complexity index is 1110. The highest BCUT2D eigenvalue weighted by Gasteiger charge is 2.17. The van der Waals surface area contributed by atoms with Crippen molar-refractivity contribution < 1.29 is 9.59 Å². The van der Waals surface area contributed by atoms with Gasteiger partial charge in [-0.2, -0.15) is 0 Å². The fourth-order valence-corrected chi connectivity index (χ4v) is 3.39. The Labute approximate surface area is 161 Å². The molecule has 1 aliphatic rings. The van der Waals surface area contributed by atoms with E-state index in [2.05, 4.69) is 15.8 Å². The summed E-state index contributed by atoms with van der Waals surface area (Å²) < 4.78 is 1.69. The third-order valence-electron chi connectivity index (χ3n) is 4.88. The molecule has 0 unspecified atom stereocenters. The van der Waals surface area contributed by atoms with Crippen LogP contribution in [0.5, 0.6) is 0 Å². The number of amides is 2. The summed E-state index contributed by atoms with van der Waals surface area (Å²) in [5.41, 5.74) is 6.67. The van der Waals surface area contributed by atoms with Crippen LogP contribution in [-0.2, 0) is 24.2 Å². The van der Waals surface area contributed by atoms with E-state index in [0.717, 1.165) is 24.2 Å². The first kappa shape index (κ1) is 17.9. The molecule has 4 rings (SSSR count). The molecule has 0 saturated carbocycles. The second-order valence-corrected chi connectivity index (χ2v) is 6.81. The van der Waals surface area contributed by atoms with Crippen molar-refractivity contribution >= 4 is 22.7 Å². The van der Waals surface area contributed by atoms with E-state index in [0.29, 0.717) is 29.4 Å². The van der Waals surface area contributed by atoms with Gasteiger partial charge in [0.05, 0.1) is 10.9 Å². The lowest BCUT2D eigenvalue weighted by molar-refractivity contribution is -0.121. The van der Waals surface area contributed by atoms with Crippen LogP contribution in [0, 0.1) is 0 Å². The number of aromatic nitrogens is 2. The van der Waals surface area contributed by atoms with Crippen LogP contribution in [0.15, 0.2) is 53.3 Å². The van der Waals surface area contributed by atoms with E-state index in [1.165, 1.54) is 0 Å². The molecule has 142 valence electrons. The maximum atomic E-state index is 12.5. The highest BCUT2D eigenvalue weighted by molar-refractivity contribution is 5.98. The van der Waals surface area contributed by atoms with Crippen molar-refractivity contribution in [2.75, 3.05) is 0 Å². The Morgan fingerprint density at radius 2 is 1.89 bits per heavy atom. The number of benzene rings is 2. The first-order valence-corrected chi connectivity index (χ1v) is 9.28. The van der Waals surface area contributed by atoms with Crippen molar-refractivity contribution in [3.8, 4) is 0 Å². The van der Waals surface area contributed by atoms with E-state index in [4.69, 9.17) is 0 Å². The molecule has 7 heteroatoms. The zero-order chi connectivity index (χ0) is 19.5. The number of rotatable bonds is 4. The summed E-state index contributed by atoms with van der Waals surface area (Å²) in [7, 11) is 0. The molecule has 2 N–H and O–H groups in total. The van der Waals surface area contributed by atoms with Crippen molar-refractivity contribution in [2.45, 2.75) is 32.2 Å². The number of carbonyl (C=O) groups is 2. The molecular formula is C21H20N4O3. The molecule has 28 heavy (non-hydrogen) atoms. The van der Waals surface area contributed by atoms with Gasteiger partial charge < -0.3 is 0 Å². The number of nitrogens with one attached hydrogen (secondary N) is 2. The molecule has 2 amide bonds. The molecule has 3 aromatic rings. The quantitative estimate of drug-likeness (QED) is 0.679. The van der Waals surface area contributed by atoms with Gasteiger partial charge >= 0.3 is 0 Å². The monoisotopic (exact) mass is 376 g/mol. The Kier molecular flexibility index (Phi) is 4.89. The van der Waals surface area contributed by atoms with E-state index in [9.17, 15) is 14.4 Å². The molecule has 0 fully saturated rings. The summed E-state index contributed by atoms with van der Waals surface area (Å²) >= 11 is 0. The normalized spacial score (nSPS) is 12.6. The molecular weight excluding hydrogens is 356 g/mol. The molecule has 0 saturated heterocycles. The number of aryl methyl sites for hydroxylation is 2. The van der Waals surface area contributed by atoms with Crippen LogP contribution in [-0.4, -0.2) is 21.4 Å². The van der Waals surface area contributed by atoms with Crippen molar-refractivity contribution in [1.82, 2.24) is 20.4 Å². The fraction of sp³-hybridized carbons (Fsp3) is 0.238. The van der Waals surface area contributed by atoms with Crippen LogP contribution in [0.25, 0.3) is 10.9 Å². The van der Waals surface area contributed by atoms with E-state index in [1.807, 2.05) is 30.3 Å². The van der Waals surface area contributed by atoms with E-state index < -0.39 is 5.91 Å². The van der Waals surface area contributed by atoms with Gasteiger partial charge in [-0.05, 0) is 36.6 Å².